The molecule has 102 valence electrons. The number of carbonyl (C=O) groups excluding carboxylic acids is 1. The first kappa shape index (κ1) is 12.7. The summed E-state index contributed by atoms with van der Waals surface area (Å²) in [5.41, 5.74) is 2.03. The summed E-state index contributed by atoms with van der Waals surface area (Å²) < 4.78 is 0. The summed E-state index contributed by atoms with van der Waals surface area (Å²) in [6, 6.07) is 8.68. The summed E-state index contributed by atoms with van der Waals surface area (Å²) in [4.78, 5) is 15.8. The van der Waals surface area contributed by atoms with Crippen LogP contribution in [0.25, 0.3) is 0 Å². The maximum atomic E-state index is 10.7. The third-order valence-corrected chi connectivity index (χ3v) is 4.41. The number of hydrogen-bond acceptors (Lipinski definition) is 3. The van der Waals surface area contributed by atoms with E-state index in [2.05, 4.69) is 21.9 Å². The van der Waals surface area contributed by atoms with E-state index in [0.717, 1.165) is 18.4 Å². The number of carbonyl (C=O) groups is 1. The summed E-state index contributed by atoms with van der Waals surface area (Å²) in [5.74, 6) is 0. The summed E-state index contributed by atoms with van der Waals surface area (Å²) >= 11 is 0. The first-order chi connectivity index (χ1) is 9.36. The molecule has 0 amide bonds. The van der Waals surface area contributed by atoms with Gasteiger partial charge in [0, 0.05) is 30.4 Å². The molecule has 1 aromatic rings. The lowest BCUT2D eigenvalue weighted by atomic mass is 10.1. The lowest BCUT2D eigenvalue weighted by Crippen LogP contribution is -2.39. The molecule has 2 fully saturated rings. The molecule has 1 atom stereocenters. The third-order valence-electron chi connectivity index (χ3n) is 4.41. The number of nitrogens with zero attached hydrogens (tertiary/aromatic N) is 2. The van der Waals surface area contributed by atoms with Gasteiger partial charge in [0.05, 0.1) is 0 Å². The van der Waals surface area contributed by atoms with Crippen molar-refractivity contribution >= 4 is 12.0 Å². The number of anilines is 1. The van der Waals surface area contributed by atoms with E-state index >= 15 is 0 Å². The number of likely N-dealkylation sites (tertiary alicyclic amines) is 1. The Labute approximate surface area is 115 Å². The Morgan fingerprint density at radius 2 is 1.79 bits per heavy atom. The van der Waals surface area contributed by atoms with E-state index in [1.807, 2.05) is 12.1 Å². The van der Waals surface area contributed by atoms with E-state index in [9.17, 15) is 4.79 Å². The summed E-state index contributed by atoms with van der Waals surface area (Å²) in [7, 11) is 0. The largest absolute Gasteiger partial charge is 0.367 e. The lowest BCUT2D eigenvalue weighted by molar-refractivity contribution is 0.112. The third kappa shape index (κ3) is 2.81. The minimum atomic E-state index is 0.653. The first-order valence-corrected chi connectivity index (χ1v) is 7.41. The molecule has 1 aromatic carbocycles. The zero-order valence-electron chi connectivity index (χ0n) is 11.4. The van der Waals surface area contributed by atoms with Crippen LogP contribution in [0.2, 0.25) is 0 Å². The Morgan fingerprint density at radius 3 is 2.47 bits per heavy atom. The predicted molar refractivity (Wildman–Crippen MR) is 77.9 cm³/mol. The van der Waals surface area contributed by atoms with Crippen molar-refractivity contribution < 1.29 is 4.79 Å². The Bertz CT molecular complexity index is 423. The van der Waals surface area contributed by atoms with Crippen molar-refractivity contribution in [1.29, 1.82) is 0 Å². The van der Waals surface area contributed by atoms with Crippen LogP contribution in [0.15, 0.2) is 24.3 Å². The van der Waals surface area contributed by atoms with E-state index < -0.39 is 0 Å². The number of rotatable bonds is 4. The monoisotopic (exact) mass is 258 g/mol. The van der Waals surface area contributed by atoms with Crippen LogP contribution in [0, 0.1) is 0 Å². The van der Waals surface area contributed by atoms with Gasteiger partial charge in [-0.2, -0.15) is 0 Å². The van der Waals surface area contributed by atoms with Gasteiger partial charge in [0.1, 0.15) is 6.29 Å². The van der Waals surface area contributed by atoms with Gasteiger partial charge in [-0.05, 0) is 63.0 Å². The van der Waals surface area contributed by atoms with Crippen LogP contribution in [0.4, 0.5) is 5.69 Å². The summed E-state index contributed by atoms with van der Waals surface area (Å²) in [6.07, 6.45) is 6.22. The molecular weight excluding hydrogens is 236 g/mol. The highest BCUT2D eigenvalue weighted by Crippen LogP contribution is 2.27. The minimum Gasteiger partial charge on any atom is -0.367 e. The van der Waals surface area contributed by atoms with Crippen molar-refractivity contribution in [3.8, 4) is 0 Å². The number of benzene rings is 1. The zero-order valence-corrected chi connectivity index (χ0v) is 11.4. The molecule has 2 aliphatic rings. The second-order valence-electron chi connectivity index (χ2n) is 5.71. The maximum absolute atomic E-state index is 10.7. The van der Waals surface area contributed by atoms with E-state index in [-0.39, 0.29) is 0 Å². The van der Waals surface area contributed by atoms with Crippen molar-refractivity contribution in [1.82, 2.24) is 4.90 Å². The Balaban J connectivity index is 1.68. The summed E-state index contributed by atoms with van der Waals surface area (Å²) in [6.45, 7) is 4.90. The molecule has 0 saturated carbocycles. The van der Waals surface area contributed by atoms with Crippen LogP contribution in [0.1, 0.15) is 36.0 Å². The Hall–Kier alpha value is -1.35. The fourth-order valence-corrected chi connectivity index (χ4v) is 3.37. The molecule has 0 bridgehead atoms. The van der Waals surface area contributed by atoms with E-state index in [0.29, 0.717) is 6.04 Å². The van der Waals surface area contributed by atoms with Crippen LogP contribution < -0.4 is 4.90 Å². The van der Waals surface area contributed by atoms with E-state index in [1.165, 1.54) is 51.0 Å². The molecule has 2 aliphatic heterocycles. The molecule has 0 N–H and O–H groups in total. The maximum Gasteiger partial charge on any atom is 0.150 e. The molecule has 3 rings (SSSR count). The molecule has 1 unspecified atom stereocenters. The van der Waals surface area contributed by atoms with Crippen LogP contribution in [-0.2, 0) is 0 Å². The molecule has 3 heteroatoms. The van der Waals surface area contributed by atoms with Gasteiger partial charge >= 0.3 is 0 Å². The van der Waals surface area contributed by atoms with Gasteiger partial charge < -0.3 is 9.80 Å². The fourth-order valence-electron chi connectivity index (χ4n) is 3.37. The number of aldehydes is 1. The minimum absolute atomic E-state index is 0.653. The second kappa shape index (κ2) is 5.74. The fraction of sp³-hybridized carbons (Fsp3) is 0.562. The van der Waals surface area contributed by atoms with E-state index in [4.69, 9.17) is 0 Å². The van der Waals surface area contributed by atoms with Gasteiger partial charge in [0.15, 0.2) is 0 Å². The molecule has 3 nitrogen and oxygen atoms in total. The molecule has 19 heavy (non-hydrogen) atoms. The SMILES string of the molecule is O=Cc1ccc(N2CCCC2CN2CCCC2)cc1. The standard InChI is InChI=1S/C16H22N2O/c19-13-14-5-7-15(8-6-14)18-11-3-4-16(18)12-17-9-1-2-10-17/h5-8,13,16H,1-4,9-12H2. The predicted octanol–water partition coefficient (Wildman–Crippen LogP) is 2.56. The lowest BCUT2D eigenvalue weighted by Gasteiger charge is -2.30. The Morgan fingerprint density at radius 1 is 1.05 bits per heavy atom. The van der Waals surface area contributed by atoms with Gasteiger partial charge in [-0.3, -0.25) is 4.79 Å². The zero-order chi connectivity index (χ0) is 13.1. The molecule has 0 aromatic heterocycles. The molecular formula is C16H22N2O. The molecule has 2 saturated heterocycles. The second-order valence-corrected chi connectivity index (χ2v) is 5.71. The van der Waals surface area contributed by atoms with Crippen molar-refractivity contribution in [2.45, 2.75) is 31.7 Å². The van der Waals surface area contributed by atoms with Gasteiger partial charge in [0.25, 0.3) is 0 Å². The average molecular weight is 258 g/mol. The number of hydrogen-bond donors (Lipinski definition) is 0. The van der Waals surface area contributed by atoms with Gasteiger partial charge in [-0.1, -0.05) is 0 Å². The van der Waals surface area contributed by atoms with Crippen LogP contribution >= 0.6 is 0 Å². The Kier molecular flexibility index (Phi) is 3.83. The van der Waals surface area contributed by atoms with Crippen LogP contribution in [0.5, 0.6) is 0 Å². The molecule has 2 heterocycles. The van der Waals surface area contributed by atoms with Crippen LogP contribution in [0.3, 0.4) is 0 Å². The molecule has 0 aliphatic carbocycles. The highest BCUT2D eigenvalue weighted by atomic mass is 16.1. The van der Waals surface area contributed by atoms with E-state index in [1.54, 1.807) is 0 Å². The van der Waals surface area contributed by atoms with Crippen molar-refractivity contribution in [3.05, 3.63) is 29.8 Å². The van der Waals surface area contributed by atoms with Gasteiger partial charge in [-0.15, -0.1) is 0 Å². The van der Waals surface area contributed by atoms with Crippen molar-refractivity contribution in [2.75, 3.05) is 31.1 Å². The summed E-state index contributed by atoms with van der Waals surface area (Å²) in [5, 5.41) is 0. The quantitative estimate of drug-likeness (QED) is 0.776. The van der Waals surface area contributed by atoms with Crippen LogP contribution in [-0.4, -0.2) is 43.4 Å². The van der Waals surface area contributed by atoms with Gasteiger partial charge in [0.2, 0.25) is 0 Å². The highest BCUT2D eigenvalue weighted by Gasteiger charge is 2.27. The van der Waals surface area contributed by atoms with Crippen molar-refractivity contribution in [3.63, 3.8) is 0 Å². The first-order valence-electron chi connectivity index (χ1n) is 7.41. The highest BCUT2D eigenvalue weighted by molar-refractivity contribution is 5.75. The van der Waals surface area contributed by atoms with Gasteiger partial charge in [-0.25, -0.2) is 0 Å². The van der Waals surface area contributed by atoms with Crippen molar-refractivity contribution in [2.24, 2.45) is 0 Å². The smallest absolute Gasteiger partial charge is 0.150 e. The normalized spacial score (nSPS) is 24.0. The molecule has 0 spiro atoms. The molecule has 0 radical (unpaired) electrons. The topological polar surface area (TPSA) is 23.6 Å². The average Bonchev–Trinajstić information content (AvgIpc) is 3.11.